The summed E-state index contributed by atoms with van der Waals surface area (Å²) in [6.45, 7) is 8.38. The maximum atomic E-state index is 12.7. The molecule has 0 aromatic carbocycles. The maximum absolute atomic E-state index is 12.7. The van der Waals surface area contributed by atoms with Crippen LogP contribution >= 0.6 is 34.8 Å². The van der Waals surface area contributed by atoms with Gasteiger partial charge in [-0.3, -0.25) is 4.99 Å². The van der Waals surface area contributed by atoms with Crippen LogP contribution < -0.4 is 0 Å². The van der Waals surface area contributed by atoms with E-state index < -0.39 is 15.2 Å². The Morgan fingerprint density at radius 3 is 2.29 bits per heavy atom. The zero-order chi connectivity index (χ0) is 18.2. The number of rotatable bonds is 3. The van der Waals surface area contributed by atoms with E-state index in [0.29, 0.717) is 18.6 Å². The molecule has 0 heterocycles. The van der Waals surface area contributed by atoms with E-state index in [1.807, 2.05) is 0 Å². The molecule has 0 spiro atoms. The molecular formula is C18H28Cl3NO2. The summed E-state index contributed by atoms with van der Waals surface area (Å²) >= 11 is 20.2. The summed E-state index contributed by atoms with van der Waals surface area (Å²) < 4.78 is 4.02. The van der Waals surface area contributed by atoms with E-state index in [9.17, 15) is 4.79 Å². The lowest BCUT2D eigenvalue weighted by molar-refractivity contribution is -0.145. The molecule has 0 radical (unpaired) electrons. The smallest absolute Gasteiger partial charge is 0.333 e. The molecule has 24 heavy (non-hydrogen) atoms. The van der Waals surface area contributed by atoms with Crippen LogP contribution in [0.25, 0.3) is 0 Å². The third-order valence-electron chi connectivity index (χ3n) is 5.21. The molecule has 2 aliphatic carbocycles. The first-order valence-electron chi connectivity index (χ1n) is 8.83. The fourth-order valence-electron chi connectivity index (χ4n) is 3.65. The van der Waals surface area contributed by atoms with Gasteiger partial charge in [-0.15, -0.1) is 0 Å². The minimum absolute atomic E-state index is 0.0689. The summed E-state index contributed by atoms with van der Waals surface area (Å²) in [5, 5.41) is 0. The van der Waals surface area contributed by atoms with Gasteiger partial charge in [0.1, 0.15) is 0 Å². The van der Waals surface area contributed by atoms with Crippen LogP contribution in [0.4, 0.5) is 0 Å². The van der Waals surface area contributed by atoms with Crippen LogP contribution in [0.1, 0.15) is 66.2 Å². The van der Waals surface area contributed by atoms with Crippen LogP contribution in [-0.4, -0.2) is 33.5 Å². The molecule has 2 unspecified atom stereocenters. The second kappa shape index (κ2) is 7.32. The van der Waals surface area contributed by atoms with Gasteiger partial charge in [-0.05, 0) is 43.9 Å². The van der Waals surface area contributed by atoms with Gasteiger partial charge in [0, 0.05) is 0 Å². The topological polar surface area (TPSA) is 38.7 Å². The molecule has 0 bridgehead atoms. The molecule has 0 N–H and O–H groups in total. The molecule has 0 amide bonds. The summed E-state index contributed by atoms with van der Waals surface area (Å²) in [5.41, 5.74) is 0.325. The van der Waals surface area contributed by atoms with E-state index in [1.54, 1.807) is 6.92 Å². The van der Waals surface area contributed by atoms with Crippen molar-refractivity contribution in [1.82, 2.24) is 0 Å². The molecule has 138 valence electrons. The van der Waals surface area contributed by atoms with Gasteiger partial charge in [0.2, 0.25) is 0 Å². The van der Waals surface area contributed by atoms with Crippen molar-refractivity contribution in [2.24, 2.45) is 16.3 Å². The Hall–Kier alpha value is 0.01000. The molecule has 0 aromatic heterocycles. The standard InChI is InChI=1S/C18H28Cl3NO2/c1-5-24-15(23)17(19)10-12(16(2,3)4)11-18(20,21)14(17)22-13-8-6-7-9-13/h12-13H,5-11H2,1-4H3. The first-order valence-corrected chi connectivity index (χ1v) is 9.97. The third-order valence-corrected chi connectivity index (χ3v) is 6.37. The van der Waals surface area contributed by atoms with E-state index in [0.717, 1.165) is 25.7 Å². The van der Waals surface area contributed by atoms with E-state index in [-0.39, 0.29) is 24.0 Å². The lowest BCUT2D eigenvalue weighted by Gasteiger charge is -2.46. The van der Waals surface area contributed by atoms with Gasteiger partial charge in [0.15, 0.2) is 9.21 Å². The number of hydrogen-bond acceptors (Lipinski definition) is 3. The minimum Gasteiger partial charge on any atom is -0.464 e. The fourth-order valence-corrected chi connectivity index (χ4v) is 5.00. The Labute approximate surface area is 160 Å². The molecular weight excluding hydrogens is 369 g/mol. The first kappa shape index (κ1) is 20.3. The van der Waals surface area contributed by atoms with Gasteiger partial charge in [-0.1, -0.05) is 68.4 Å². The van der Waals surface area contributed by atoms with Crippen molar-refractivity contribution < 1.29 is 9.53 Å². The van der Waals surface area contributed by atoms with Gasteiger partial charge in [-0.2, -0.15) is 0 Å². The number of alkyl halides is 3. The third kappa shape index (κ3) is 4.22. The normalized spacial score (nSPS) is 33.0. The Morgan fingerprint density at radius 2 is 1.79 bits per heavy atom. The van der Waals surface area contributed by atoms with Gasteiger partial charge in [-0.25, -0.2) is 4.79 Å². The number of aliphatic imine (C=N–C) groups is 1. The Balaban J connectivity index is 2.45. The zero-order valence-electron chi connectivity index (χ0n) is 15.0. The highest BCUT2D eigenvalue weighted by atomic mass is 35.5. The molecule has 3 nitrogen and oxygen atoms in total. The Kier molecular flexibility index (Phi) is 6.20. The number of ether oxygens (including phenoxy) is 1. The van der Waals surface area contributed by atoms with Crippen LogP contribution in [0.5, 0.6) is 0 Å². The quantitative estimate of drug-likeness (QED) is 0.464. The predicted molar refractivity (Wildman–Crippen MR) is 102 cm³/mol. The summed E-state index contributed by atoms with van der Waals surface area (Å²) in [6, 6.07) is 0.149. The van der Waals surface area contributed by atoms with Crippen LogP contribution in [0.15, 0.2) is 4.99 Å². The lowest BCUT2D eigenvalue weighted by atomic mass is 9.67. The zero-order valence-corrected chi connectivity index (χ0v) is 17.3. The highest BCUT2D eigenvalue weighted by Crippen LogP contribution is 2.52. The van der Waals surface area contributed by atoms with Crippen molar-refractivity contribution in [3.05, 3.63) is 0 Å². The van der Waals surface area contributed by atoms with Crippen LogP contribution in [-0.2, 0) is 9.53 Å². The average molecular weight is 397 g/mol. The monoisotopic (exact) mass is 395 g/mol. The second-order valence-corrected chi connectivity index (χ2v) is 10.2. The highest BCUT2D eigenvalue weighted by Gasteiger charge is 2.58. The van der Waals surface area contributed by atoms with E-state index >= 15 is 0 Å². The minimum atomic E-state index is -1.38. The van der Waals surface area contributed by atoms with Gasteiger partial charge < -0.3 is 4.74 Å². The van der Waals surface area contributed by atoms with Crippen LogP contribution in [0.2, 0.25) is 0 Å². The largest absolute Gasteiger partial charge is 0.464 e. The first-order chi connectivity index (χ1) is 11.0. The van der Waals surface area contributed by atoms with Crippen molar-refractivity contribution in [1.29, 1.82) is 0 Å². The average Bonchev–Trinajstić information content (AvgIpc) is 2.94. The lowest BCUT2D eigenvalue weighted by Crippen LogP contribution is -2.57. The molecule has 0 aliphatic heterocycles. The summed E-state index contributed by atoms with van der Waals surface area (Å²) in [4.78, 5) is 16.1. The van der Waals surface area contributed by atoms with Crippen molar-refractivity contribution in [2.75, 3.05) is 6.61 Å². The SMILES string of the molecule is CCOC(=O)C1(Cl)CC(C(C)(C)C)CC(Cl)(Cl)C1=NC1CCCC1. The van der Waals surface area contributed by atoms with Crippen LogP contribution in [0.3, 0.4) is 0 Å². The molecule has 2 aliphatic rings. The maximum Gasteiger partial charge on any atom is 0.333 e. The van der Waals surface area contributed by atoms with Crippen molar-refractivity contribution in [3.63, 3.8) is 0 Å². The van der Waals surface area contributed by atoms with Gasteiger partial charge >= 0.3 is 5.97 Å². The van der Waals surface area contributed by atoms with Crippen molar-refractivity contribution in [3.8, 4) is 0 Å². The molecule has 2 atom stereocenters. The molecule has 6 heteroatoms. The molecule has 2 saturated carbocycles. The summed E-state index contributed by atoms with van der Waals surface area (Å²) in [5.74, 6) is -0.389. The van der Waals surface area contributed by atoms with Gasteiger partial charge in [0.05, 0.1) is 18.4 Å². The molecule has 2 fully saturated rings. The molecule has 0 saturated heterocycles. The van der Waals surface area contributed by atoms with Crippen molar-refractivity contribution >= 4 is 46.5 Å². The summed E-state index contributed by atoms with van der Waals surface area (Å²) in [6.07, 6.45) is 5.25. The molecule has 0 aromatic rings. The summed E-state index contributed by atoms with van der Waals surface area (Å²) in [7, 11) is 0. The number of carbonyl (C=O) groups is 1. The number of hydrogen-bond donors (Lipinski definition) is 0. The fraction of sp³-hybridized carbons (Fsp3) is 0.889. The number of nitrogens with zero attached hydrogens (tertiary/aromatic N) is 1. The number of esters is 1. The number of carbonyl (C=O) groups excluding carboxylic acids is 1. The predicted octanol–water partition coefficient (Wildman–Crippen LogP) is 5.54. The Morgan fingerprint density at radius 1 is 1.21 bits per heavy atom. The number of halogens is 3. The van der Waals surface area contributed by atoms with Gasteiger partial charge in [0.25, 0.3) is 0 Å². The Bertz CT molecular complexity index is 507. The highest BCUT2D eigenvalue weighted by molar-refractivity contribution is 6.65. The molecule has 2 rings (SSSR count). The second-order valence-electron chi connectivity index (χ2n) is 8.11. The van der Waals surface area contributed by atoms with E-state index in [1.165, 1.54) is 0 Å². The van der Waals surface area contributed by atoms with E-state index in [4.69, 9.17) is 44.5 Å². The van der Waals surface area contributed by atoms with E-state index in [2.05, 4.69) is 20.8 Å². The van der Waals surface area contributed by atoms with Crippen molar-refractivity contribution in [2.45, 2.75) is 81.5 Å². The van der Waals surface area contributed by atoms with Crippen LogP contribution in [0, 0.1) is 11.3 Å².